The largest absolute Gasteiger partial charge is 0.435 e. The molecule has 0 bridgehead atoms. The fraction of sp³-hybridized carbons (Fsp3) is 0.444. The summed E-state index contributed by atoms with van der Waals surface area (Å²) in [5.74, 6) is -0.535. The van der Waals surface area contributed by atoms with E-state index in [1.807, 2.05) is 19.9 Å². The van der Waals surface area contributed by atoms with Crippen LogP contribution in [0.1, 0.15) is 35.6 Å². The van der Waals surface area contributed by atoms with Crippen LogP contribution in [0.4, 0.5) is 18.9 Å². The maximum Gasteiger partial charge on any atom is 0.435 e. The molecule has 0 fully saturated rings. The van der Waals surface area contributed by atoms with Crippen LogP contribution in [-0.2, 0) is 12.7 Å². The highest BCUT2D eigenvalue weighted by Crippen LogP contribution is 2.28. The fourth-order valence-electron chi connectivity index (χ4n) is 2.71. The molecule has 27 heavy (non-hydrogen) atoms. The number of hydrogen-bond acceptors (Lipinski definition) is 4. The van der Waals surface area contributed by atoms with Crippen molar-refractivity contribution in [3.63, 3.8) is 0 Å². The molecule has 0 atom stereocenters. The lowest BCUT2D eigenvalue weighted by molar-refractivity contribution is -0.141. The molecule has 1 amide bonds. The number of nitrogens with zero attached hydrogens (tertiary/aromatic N) is 3. The topological polar surface area (TPSA) is 78.2 Å². The van der Waals surface area contributed by atoms with Crippen LogP contribution in [0.3, 0.4) is 0 Å². The lowest BCUT2D eigenvalue weighted by Crippen LogP contribution is -2.38. The Labute approximate surface area is 156 Å². The number of benzene rings is 1. The molecule has 0 saturated carbocycles. The van der Waals surface area contributed by atoms with Crippen molar-refractivity contribution in [1.29, 1.82) is 0 Å². The number of likely N-dealkylation sites (N-methyl/N-ethyl adjacent to an activating group) is 1. The number of H-pyrrole nitrogens is 1. The average Bonchev–Trinajstić information content (AvgIpc) is 3.11. The number of alkyl halides is 3. The Bertz CT molecular complexity index is 755. The van der Waals surface area contributed by atoms with Crippen LogP contribution in [-0.4, -0.2) is 52.1 Å². The monoisotopic (exact) mass is 383 g/mol. The molecule has 2 aromatic rings. The van der Waals surface area contributed by atoms with Crippen molar-refractivity contribution in [2.24, 2.45) is 0 Å². The molecular weight excluding hydrogens is 359 g/mol. The number of nitrogen functional groups attached to an aromatic ring is 1. The lowest BCUT2D eigenvalue weighted by Gasteiger charge is -2.26. The van der Waals surface area contributed by atoms with Gasteiger partial charge in [-0.05, 0) is 30.8 Å². The van der Waals surface area contributed by atoms with E-state index in [4.69, 9.17) is 5.73 Å². The van der Waals surface area contributed by atoms with Gasteiger partial charge in [-0.1, -0.05) is 26.0 Å². The molecule has 148 valence electrons. The first-order chi connectivity index (χ1) is 12.7. The molecule has 0 aliphatic carbocycles. The molecule has 1 aromatic carbocycles. The smallest absolute Gasteiger partial charge is 0.399 e. The highest BCUT2D eigenvalue weighted by molar-refractivity contribution is 5.92. The van der Waals surface area contributed by atoms with Gasteiger partial charge in [0.1, 0.15) is 5.69 Å². The first-order valence-electron chi connectivity index (χ1n) is 8.73. The molecule has 0 saturated heterocycles. The van der Waals surface area contributed by atoms with E-state index in [9.17, 15) is 18.0 Å². The molecule has 1 aromatic heterocycles. The first-order valence-corrected chi connectivity index (χ1v) is 8.73. The normalized spacial score (nSPS) is 11.8. The second-order valence-electron chi connectivity index (χ2n) is 6.16. The summed E-state index contributed by atoms with van der Waals surface area (Å²) in [7, 11) is 0. The minimum absolute atomic E-state index is 0.189. The molecule has 0 aliphatic rings. The Kier molecular flexibility index (Phi) is 6.84. The summed E-state index contributed by atoms with van der Waals surface area (Å²) in [5, 5.41) is 5.42. The maximum atomic E-state index is 12.8. The van der Waals surface area contributed by atoms with Gasteiger partial charge in [-0.25, -0.2) is 0 Å². The quantitative estimate of drug-likeness (QED) is 0.687. The Morgan fingerprint density at radius 2 is 1.89 bits per heavy atom. The van der Waals surface area contributed by atoms with Crippen molar-refractivity contribution in [3.8, 4) is 0 Å². The van der Waals surface area contributed by atoms with E-state index in [-0.39, 0.29) is 12.2 Å². The zero-order valence-electron chi connectivity index (χ0n) is 15.4. The second-order valence-corrected chi connectivity index (χ2v) is 6.16. The molecular formula is C18H24F3N5O. The maximum absolute atomic E-state index is 12.8. The molecule has 6 nitrogen and oxygen atoms in total. The van der Waals surface area contributed by atoms with Gasteiger partial charge in [-0.2, -0.15) is 18.3 Å². The average molecular weight is 383 g/mol. The summed E-state index contributed by atoms with van der Waals surface area (Å²) in [5.41, 5.74) is 5.85. The van der Waals surface area contributed by atoms with E-state index in [1.165, 1.54) is 4.90 Å². The molecule has 0 aliphatic heterocycles. The van der Waals surface area contributed by atoms with Gasteiger partial charge in [0.2, 0.25) is 0 Å². The van der Waals surface area contributed by atoms with Crippen molar-refractivity contribution < 1.29 is 18.0 Å². The van der Waals surface area contributed by atoms with Gasteiger partial charge >= 0.3 is 6.18 Å². The molecule has 3 N–H and O–H groups in total. The van der Waals surface area contributed by atoms with Crippen LogP contribution < -0.4 is 5.73 Å². The van der Waals surface area contributed by atoms with Gasteiger partial charge in [0.15, 0.2) is 5.69 Å². The highest BCUT2D eigenvalue weighted by Gasteiger charge is 2.35. The number of nitrogens with two attached hydrogens (primary N) is 1. The number of aromatic nitrogens is 2. The summed E-state index contributed by atoms with van der Waals surface area (Å²) in [6.45, 7) is 6.89. The predicted molar refractivity (Wildman–Crippen MR) is 97.0 cm³/mol. The van der Waals surface area contributed by atoms with Crippen LogP contribution in [0.2, 0.25) is 0 Å². The van der Waals surface area contributed by atoms with Crippen molar-refractivity contribution in [2.45, 2.75) is 26.6 Å². The number of halogens is 3. The molecule has 0 spiro atoms. The summed E-state index contributed by atoms with van der Waals surface area (Å²) in [6, 6.07) is 7.81. The SMILES string of the molecule is CCN(CC)CCN(Cc1cccc(N)c1)C(=O)c1cc(C(F)(F)F)n[nH]1. The van der Waals surface area contributed by atoms with E-state index in [0.717, 1.165) is 24.7 Å². The molecule has 0 unspecified atom stereocenters. The number of aromatic amines is 1. The minimum atomic E-state index is -4.60. The van der Waals surface area contributed by atoms with Crippen LogP contribution in [0.5, 0.6) is 0 Å². The number of hydrogen-bond donors (Lipinski definition) is 2. The second kappa shape index (κ2) is 8.90. The van der Waals surface area contributed by atoms with Gasteiger partial charge < -0.3 is 15.5 Å². The van der Waals surface area contributed by atoms with Gasteiger partial charge in [-0.3, -0.25) is 9.89 Å². The standard InChI is InChI=1S/C18H24F3N5O/c1-3-25(4-2)8-9-26(12-13-6-5-7-14(22)10-13)17(27)15-11-16(24-23-15)18(19,20)21/h5-7,10-11H,3-4,8-9,12,22H2,1-2H3,(H,23,24). The molecule has 0 radical (unpaired) electrons. The van der Waals surface area contributed by atoms with Crippen LogP contribution in [0.15, 0.2) is 30.3 Å². The third kappa shape index (κ3) is 5.72. The summed E-state index contributed by atoms with van der Waals surface area (Å²) >= 11 is 0. The lowest BCUT2D eigenvalue weighted by atomic mass is 10.2. The number of nitrogens with one attached hydrogen (secondary N) is 1. The fourth-order valence-corrected chi connectivity index (χ4v) is 2.71. The van der Waals surface area contributed by atoms with E-state index in [2.05, 4.69) is 15.1 Å². The molecule has 2 rings (SSSR count). The van der Waals surface area contributed by atoms with E-state index >= 15 is 0 Å². The van der Waals surface area contributed by atoms with Crippen LogP contribution >= 0.6 is 0 Å². The van der Waals surface area contributed by atoms with Crippen LogP contribution in [0, 0.1) is 0 Å². The van der Waals surface area contributed by atoms with Crippen molar-refractivity contribution in [3.05, 3.63) is 47.3 Å². The third-order valence-electron chi connectivity index (χ3n) is 4.29. The Morgan fingerprint density at radius 3 is 2.44 bits per heavy atom. The zero-order chi connectivity index (χ0) is 20.0. The summed E-state index contributed by atoms with van der Waals surface area (Å²) < 4.78 is 38.3. The molecule has 1 heterocycles. The van der Waals surface area contributed by atoms with Gasteiger partial charge in [0.25, 0.3) is 5.91 Å². The Morgan fingerprint density at radius 1 is 1.19 bits per heavy atom. The number of rotatable bonds is 8. The van der Waals surface area contributed by atoms with Crippen molar-refractivity contribution in [1.82, 2.24) is 20.0 Å². The molecule has 9 heteroatoms. The summed E-state index contributed by atoms with van der Waals surface area (Å²) in [6.07, 6.45) is -4.60. The van der Waals surface area contributed by atoms with Gasteiger partial charge in [0.05, 0.1) is 0 Å². The predicted octanol–water partition coefficient (Wildman–Crippen LogP) is 2.99. The van der Waals surface area contributed by atoms with Crippen molar-refractivity contribution in [2.75, 3.05) is 31.9 Å². The van der Waals surface area contributed by atoms with Gasteiger partial charge in [-0.15, -0.1) is 0 Å². The highest BCUT2D eigenvalue weighted by atomic mass is 19.4. The number of amides is 1. The van der Waals surface area contributed by atoms with Gasteiger partial charge in [0, 0.05) is 31.4 Å². The minimum Gasteiger partial charge on any atom is -0.399 e. The van der Waals surface area contributed by atoms with Crippen LogP contribution in [0.25, 0.3) is 0 Å². The Balaban J connectivity index is 2.21. The van der Waals surface area contributed by atoms with E-state index in [1.54, 1.807) is 18.2 Å². The van der Waals surface area contributed by atoms with E-state index in [0.29, 0.717) is 18.8 Å². The first kappa shape index (κ1) is 20.8. The number of carbonyl (C=O) groups is 1. The Hall–Kier alpha value is -2.55. The summed E-state index contributed by atoms with van der Waals surface area (Å²) in [4.78, 5) is 16.4. The number of anilines is 1. The number of carbonyl (C=O) groups excluding carboxylic acids is 1. The van der Waals surface area contributed by atoms with Crippen molar-refractivity contribution >= 4 is 11.6 Å². The van der Waals surface area contributed by atoms with E-state index < -0.39 is 17.8 Å². The zero-order valence-corrected chi connectivity index (χ0v) is 15.4. The third-order valence-corrected chi connectivity index (χ3v) is 4.29.